The van der Waals surface area contributed by atoms with Crippen LogP contribution in [-0.2, 0) is 45.9 Å². The third-order valence-corrected chi connectivity index (χ3v) is 14.9. The maximum absolute atomic E-state index is 12.0. The maximum atomic E-state index is 12.0. The Bertz CT molecular complexity index is 1960. The quantitative estimate of drug-likeness (QED) is 0.0261. The van der Waals surface area contributed by atoms with Crippen LogP contribution in [0.4, 0.5) is 0 Å². The second kappa shape index (κ2) is 34.4. The van der Waals surface area contributed by atoms with Gasteiger partial charge in [-0.3, -0.25) is 0 Å². The maximum Gasteiger partial charge on any atom is 2.00 e. The topological polar surface area (TPSA) is 114 Å². The molecule has 0 heterocycles. The number of unbranched alkanes of at least 4 members (excludes halogenated alkanes) is 24. The summed E-state index contributed by atoms with van der Waals surface area (Å²) in [5, 5.41) is 3.96. The van der Waals surface area contributed by atoms with E-state index in [0.717, 1.165) is 72.9 Å². The van der Waals surface area contributed by atoms with Crippen molar-refractivity contribution in [2.45, 2.75) is 243 Å². The Balaban J connectivity index is 0.000000440. The molecule has 2 radical (unpaired) electrons. The van der Waals surface area contributed by atoms with E-state index >= 15 is 0 Å². The number of fused-ring (bicyclic) bond motifs is 2. The van der Waals surface area contributed by atoms with Crippen molar-refractivity contribution < 1.29 is 25.9 Å². The van der Waals surface area contributed by atoms with Crippen LogP contribution in [-0.4, -0.2) is 53.2 Å². The summed E-state index contributed by atoms with van der Waals surface area (Å²) >= 11 is 0. The molecule has 0 bridgehead atoms. The van der Waals surface area contributed by atoms with Gasteiger partial charge in [0.1, 0.15) is 20.2 Å². The van der Waals surface area contributed by atoms with Gasteiger partial charge < -0.3 is 9.11 Å². The Morgan fingerprint density at radius 2 is 0.585 bits per heavy atom. The first-order valence-corrected chi connectivity index (χ1v) is 28.8. The molecule has 6 nitrogen and oxygen atoms in total. The van der Waals surface area contributed by atoms with E-state index < -0.39 is 20.2 Å². The van der Waals surface area contributed by atoms with Crippen LogP contribution >= 0.6 is 0 Å². The molecule has 4 rings (SSSR count). The van der Waals surface area contributed by atoms with Crippen molar-refractivity contribution >= 4 is 69.1 Å². The van der Waals surface area contributed by atoms with Crippen molar-refractivity contribution in [1.82, 2.24) is 0 Å². The van der Waals surface area contributed by atoms with Crippen LogP contribution in [0.3, 0.4) is 0 Å². The smallest absolute Gasteiger partial charge is 0.744 e. The van der Waals surface area contributed by atoms with Crippen LogP contribution in [0, 0.1) is 0 Å². The Kier molecular flexibility index (Phi) is 31.4. The second-order valence-corrected chi connectivity index (χ2v) is 21.3. The number of aryl methyl sites for hydroxylation is 4. The Labute approximate surface area is 418 Å². The van der Waals surface area contributed by atoms with Gasteiger partial charge in [0.15, 0.2) is 0 Å². The average Bonchev–Trinajstić information content (AvgIpc) is 3.27. The predicted octanol–water partition coefficient (Wildman–Crippen LogP) is 16.3. The molecule has 0 saturated carbocycles. The third kappa shape index (κ3) is 23.3. The Hall–Kier alpha value is -1.86. The van der Waals surface area contributed by atoms with Crippen LogP contribution in [0.1, 0.15) is 230 Å². The zero-order valence-electron chi connectivity index (χ0n) is 41.2. The molecule has 0 amide bonds. The number of benzene rings is 4. The van der Waals surface area contributed by atoms with E-state index in [-0.39, 0.29) is 37.1 Å². The molecule has 4 aromatic carbocycles. The first-order valence-electron chi connectivity index (χ1n) is 25.9. The predicted molar refractivity (Wildman–Crippen MR) is 276 cm³/mol. The van der Waals surface area contributed by atoms with E-state index in [0.29, 0.717) is 24.0 Å². The van der Waals surface area contributed by atoms with Crippen molar-refractivity contribution in [2.75, 3.05) is 0 Å². The zero-order chi connectivity index (χ0) is 46.5. The minimum atomic E-state index is -4.47. The van der Waals surface area contributed by atoms with Crippen molar-refractivity contribution in [1.29, 1.82) is 0 Å². The third-order valence-electron chi connectivity index (χ3n) is 13.0. The van der Waals surface area contributed by atoms with Crippen molar-refractivity contribution in [2.24, 2.45) is 0 Å². The van der Waals surface area contributed by atoms with E-state index in [4.69, 9.17) is 0 Å². The standard InChI is InChI=1S/2C28H44O3S.Pb/c2*1-3-5-7-9-11-13-15-18-24-20-17-21-25-23-28(32(29,30)31)26(22-27(24)25)19-16-14-12-10-8-6-4-2;/h2*17,20-23H,3-16,18-19H2,1-2H3,(H,29,30,31);/q;;+2/p-2. The van der Waals surface area contributed by atoms with Crippen LogP contribution in [0.25, 0.3) is 21.5 Å². The van der Waals surface area contributed by atoms with E-state index in [1.807, 2.05) is 36.4 Å². The Morgan fingerprint density at radius 3 is 0.846 bits per heavy atom. The number of hydrogen-bond donors (Lipinski definition) is 0. The van der Waals surface area contributed by atoms with Gasteiger partial charge in [-0.15, -0.1) is 0 Å². The van der Waals surface area contributed by atoms with Gasteiger partial charge in [0.2, 0.25) is 0 Å². The summed E-state index contributed by atoms with van der Waals surface area (Å²) in [6.07, 6.45) is 37.6. The molecule has 0 aliphatic carbocycles. The fourth-order valence-electron chi connectivity index (χ4n) is 9.21. The summed E-state index contributed by atoms with van der Waals surface area (Å²) < 4.78 is 71.7. The monoisotopic (exact) mass is 1130 g/mol. The number of hydrogen-bond acceptors (Lipinski definition) is 6. The summed E-state index contributed by atoms with van der Waals surface area (Å²) in [6.45, 7) is 8.91. The van der Waals surface area contributed by atoms with Gasteiger partial charge >= 0.3 is 27.3 Å². The summed E-state index contributed by atoms with van der Waals surface area (Å²) in [5.41, 5.74) is 3.94. The fourth-order valence-corrected chi connectivity index (χ4v) is 10.7. The van der Waals surface area contributed by atoms with E-state index in [1.165, 1.54) is 152 Å². The molecule has 0 atom stereocenters. The van der Waals surface area contributed by atoms with Crippen molar-refractivity contribution in [3.05, 3.63) is 82.9 Å². The molecule has 4 aromatic rings. The van der Waals surface area contributed by atoms with Gasteiger partial charge in [0, 0.05) is 0 Å². The normalized spacial score (nSPS) is 11.8. The Morgan fingerprint density at radius 1 is 0.338 bits per heavy atom. The van der Waals surface area contributed by atoms with Crippen molar-refractivity contribution in [3.8, 4) is 0 Å². The average molecular weight is 1130 g/mol. The fraction of sp³-hybridized carbons (Fsp3) is 0.643. The summed E-state index contributed by atoms with van der Waals surface area (Å²) in [4.78, 5) is -0.0480. The minimum absolute atomic E-state index is 0. The molecule has 0 spiro atoms. The molecule has 362 valence electrons. The molecule has 9 heteroatoms. The molecule has 0 N–H and O–H groups in total. The largest absolute Gasteiger partial charge is 2.00 e. The van der Waals surface area contributed by atoms with Crippen LogP contribution < -0.4 is 0 Å². The molecule has 0 unspecified atom stereocenters. The molecule has 65 heavy (non-hydrogen) atoms. The second-order valence-electron chi connectivity index (χ2n) is 18.6. The molecular weight excluding hydrogens is 1040 g/mol. The van der Waals surface area contributed by atoms with Crippen LogP contribution in [0.15, 0.2) is 70.5 Å². The van der Waals surface area contributed by atoms with Crippen LogP contribution in [0.5, 0.6) is 0 Å². The van der Waals surface area contributed by atoms with Crippen LogP contribution in [0.2, 0.25) is 0 Å². The van der Waals surface area contributed by atoms with Gasteiger partial charge in [-0.1, -0.05) is 218 Å². The van der Waals surface area contributed by atoms with Gasteiger partial charge in [-0.2, -0.15) is 0 Å². The van der Waals surface area contributed by atoms with Gasteiger partial charge in [0.25, 0.3) is 0 Å². The summed E-state index contributed by atoms with van der Waals surface area (Å²) in [7, 11) is -8.95. The molecule has 0 aromatic heterocycles. The van der Waals surface area contributed by atoms with Gasteiger partial charge in [0.05, 0.1) is 9.79 Å². The summed E-state index contributed by atoms with van der Waals surface area (Å²) in [6, 6.07) is 19.3. The van der Waals surface area contributed by atoms with E-state index in [9.17, 15) is 25.9 Å². The first-order chi connectivity index (χ1) is 30.9. The number of rotatable bonds is 34. The van der Waals surface area contributed by atoms with Gasteiger partial charge in [-0.25, -0.2) is 16.8 Å². The molecule has 0 aliphatic heterocycles. The molecule has 0 aliphatic rings. The molecule has 0 saturated heterocycles. The first kappa shape index (κ1) is 59.3. The van der Waals surface area contributed by atoms with E-state index in [1.54, 1.807) is 12.1 Å². The molecular formula is C56H86O6PbS2. The minimum Gasteiger partial charge on any atom is -0.744 e. The summed E-state index contributed by atoms with van der Waals surface area (Å²) in [5.74, 6) is 0. The van der Waals surface area contributed by atoms with Gasteiger partial charge in [-0.05, 0) is 119 Å². The zero-order valence-corrected chi connectivity index (χ0v) is 46.7. The molecule has 0 fully saturated rings. The SMILES string of the molecule is CCCCCCCCCc1cc2c(CCCCCCCCC)cccc2cc1S(=O)(=O)[O-].CCCCCCCCCc1cc2c(CCCCCCCCC)cccc2cc1S(=O)(=O)[O-].[Pb+2]. The van der Waals surface area contributed by atoms with E-state index in [2.05, 4.69) is 39.8 Å². The van der Waals surface area contributed by atoms with Crippen molar-refractivity contribution in [3.63, 3.8) is 0 Å².